The van der Waals surface area contributed by atoms with E-state index in [0.717, 1.165) is 34.8 Å². The zero-order valence-corrected chi connectivity index (χ0v) is 22.4. The average molecular weight is 539 g/mol. The predicted octanol–water partition coefficient (Wildman–Crippen LogP) is 7.16. The molecule has 202 valence electrons. The number of aryl methyl sites for hydroxylation is 1. The monoisotopic (exact) mass is 538 g/mol. The van der Waals surface area contributed by atoms with Crippen molar-refractivity contribution in [2.45, 2.75) is 33.4 Å². The first-order valence-electron chi connectivity index (χ1n) is 12.7. The first kappa shape index (κ1) is 28.1. The molecule has 0 aliphatic rings. The van der Waals surface area contributed by atoms with E-state index < -0.39 is 17.7 Å². The largest absolute Gasteiger partial charge is 0.373 e. The van der Waals surface area contributed by atoms with Gasteiger partial charge in [-0.3, -0.25) is 4.79 Å². The highest BCUT2D eigenvalue weighted by atomic mass is 19.1. The summed E-state index contributed by atoms with van der Waals surface area (Å²) in [6, 6.07) is 27.3. The molecule has 1 atom stereocenters. The smallest absolute Gasteiger partial charge is 0.345 e. The second-order valence-electron chi connectivity index (χ2n) is 9.54. The van der Waals surface area contributed by atoms with E-state index in [1.807, 2.05) is 30.3 Å². The summed E-state index contributed by atoms with van der Waals surface area (Å²) in [5.41, 5.74) is 7.61. The van der Waals surface area contributed by atoms with Gasteiger partial charge in [-0.25, -0.2) is 8.78 Å². The molecule has 0 fully saturated rings. The maximum Gasteiger partial charge on any atom is 0.373 e. The molecule has 5 nitrogen and oxygen atoms in total. The standard InChI is InChI=1S/C32H28F2N2O.CO2/c1-20-22(3)36(19-23-9-11-25(12-10-23)24-7-5-4-6-8-24)31-16-13-26(17-29(20)31)32(37)35-21(2)28-15-14-27(33)18-30(28)34;2-1-3/h4-18,21H,19H2,1-3H3,(H,35,37);/t21-;/m0./s1. The number of nitrogens with one attached hydrogen (secondary N) is 1. The molecule has 4 aromatic carbocycles. The van der Waals surface area contributed by atoms with Gasteiger partial charge in [-0.1, -0.05) is 60.7 Å². The van der Waals surface area contributed by atoms with Gasteiger partial charge in [0.2, 0.25) is 0 Å². The van der Waals surface area contributed by atoms with Crippen molar-refractivity contribution in [3.63, 3.8) is 0 Å². The Bertz CT molecular complexity index is 1690. The van der Waals surface area contributed by atoms with Crippen molar-refractivity contribution in [3.8, 4) is 11.1 Å². The Hall–Kier alpha value is -4.87. The van der Waals surface area contributed by atoms with E-state index in [1.165, 1.54) is 28.8 Å². The van der Waals surface area contributed by atoms with Crippen molar-refractivity contribution in [1.82, 2.24) is 9.88 Å². The number of carbonyl (C=O) groups is 1. The van der Waals surface area contributed by atoms with Crippen molar-refractivity contribution < 1.29 is 23.2 Å². The van der Waals surface area contributed by atoms with E-state index in [0.29, 0.717) is 5.56 Å². The van der Waals surface area contributed by atoms with E-state index in [1.54, 1.807) is 13.0 Å². The number of halogens is 2. The van der Waals surface area contributed by atoms with Crippen LogP contribution in [0.1, 0.15) is 45.7 Å². The first-order chi connectivity index (χ1) is 19.2. The van der Waals surface area contributed by atoms with Gasteiger partial charge in [0.05, 0.1) is 6.04 Å². The van der Waals surface area contributed by atoms with Crippen LogP contribution in [0.25, 0.3) is 22.0 Å². The van der Waals surface area contributed by atoms with E-state index in [4.69, 9.17) is 9.59 Å². The van der Waals surface area contributed by atoms with Gasteiger partial charge in [0.1, 0.15) is 11.6 Å². The van der Waals surface area contributed by atoms with Crippen LogP contribution < -0.4 is 5.32 Å². The van der Waals surface area contributed by atoms with Crippen molar-refractivity contribution >= 4 is 23.0 Å². The molecule has 1 N–H and O–H groups in total. The molecule has 0 unspecified atom stereocenters. The number of hydrogen-bond acceptors (Lipinski definition) is 3. The summed E-state index contributed by atoms with van der Waals surface area (Å²) in [5, 5.41) is 3.83. The van der Waals surface area contributed by atoms with Crippen LogP contribution in [-0.2, 0) is 16.1 Å². The molecule has 1 amide bonds. The lowest BCUT2D eigenvalue weighted by molar-refractivity contribution is -0.191. The van der Waals surface area contributed by atoms with Gasteiger partial charge < -0.3 is 9.88 Å². The summed E-state index contributed by atoms with van der Waals surface area (Å²) in [5.74, 6) is -1.63. The lowest BCUT2D eigenvalue weighted by Gasteiger charge is -2.15. The molecule has 5 rings (SSSR count). The number of rotatable bonds is 6. The molecule has 0 bridgehead atoms. The molecule has 0 spiro atoms. The molecule has 7 heteroatoms. The molecule has 0 radical (unpaired) electrons. The van der Waals surface area contributed by atoms with Crippen LogP contribution in [0.15, 0.2) is 91.0 Å². The average Bonchev–Trinajstić information content (AvgIpc) is 3.18. The number of fused-ring (bicyclic) bond motifs is 1. The molecular weight excluding hydrogens is 510 g/mol. The Morgan fingerprint density at radius 3 is 2.17 bits per heavy atom. The van der Waals surface area contributed by atoms with E-state index in [-0.39, 0.29) is 17.6 Å². The minimum absolute atomic E-state index is 0.243. The second-order valence-corrected chi connectivity index (χ2v) is 9.54. The zero-order chi connectivity index (χ0) is 28.8. The minimum Gasteiger partial charge on any atom is -0.345 e. The predicted molar refractivity (Wildman–Crippen MR) is 150 cm³/mol. The Labute approximate surface area is 231 Å². The zero-order valence-electron chi connectivity index (χ0n) is 22.4. The van der Waals surface area contributed by atoms with E-state index in [9.17, 15) is 13.6 Å². The number of carbonyl (C=O) groups excluding carboxylic acids is 3. The maximum atomic E-state index is 14.2. The van der Waals surface area contributed by atoms with Crippen molar-refractivity contribution in [2.75, 3.05) is 0 Å². The van der Waals surface area contributed by atoms with Crippen molar-refractivity contribution in [3.05, 3.63) is 131 Å². The molecule has 0 aliphatic heterocycles. The highest BCUT2D eigenvalue weighted by Gasteiger charge is 2.18. The van der Waals surface area contributed by atoms with Crippen LogP contribution in [0, 0.1) is 25.5 Å². The topological polar surface area (TPSA) is 68.2 Å². The van der Waals surface area contributed by atoms with Gasteiger partial charge in [-0.05, 0) is 67.3 Å². The quantitative estimate of drug-likeness (QED) is 0.249. The molecule has 0 saturated heterocycles. The minimum atomic E-state index is -0.677. The summed E-state index contributed by atoms with van der Waals surface area (Å²) in [6.45, 7) is 6.55. The third kappa shape index (κ3) is 6.06. The van der Waals surface area contributed by atoms with Gasteiger partial charge >= 0.3 is 6.15 Å². The third-order valence-electron chi connectivity index (χ3n) is 7.08. The SMILES string of the molecule is Cc1c(C)n(Cc2ccc(-c3ccccc3)cc2)c2ccc(C(=O)N[C@@H](C)c3ccc(F)cc3F)cc12.O=C=O. The Kier molecular flexibility index (Phi) is 8.67. The Morgan fingerprint density at radius 2 is 1.52 bits per heavy atom. The highest BCUT2D eigenvalue weighted by Crippen LogP contribution is 2.28. The van der Waals surface area contributed by atoms with Crippen LogP contribution in [-0.4, -0.2) is 16.6 Å². The van der Waals surface area contributed by atoms with Crippen LogP contribution in [0.3, 0.4) is 0 Å². The lowest BCUT2D eigenvalue weighted by atomic mass is 10.0. The summed E-state index contributed by atoms with van der Waals surface area (Å²) in [4.78, 5) is 29.2. The fourth-order valence-corrected chi connectivity index (χ4v) is 4.82. The lowest BCUT2D eigenvalue weighted by Crippen LogP contribution is -2.27. The number of aromatic nitrogens is 1. The molecule has 5 aromatic rings. The van der Waals surface area contributed by atoms with Crippen LogP contribution in [0.2, 0.25) is 0 Å². The maximum absolute atomic E-state index is 14.2. The van der Waals surface area contributed by atoms with E-state index in [2.05, 4.69) is 60.1 Å². The summed E-state index contributed by atoms with van der Waals surface area (Å²) < 4.78 is 29.7. The normalized spacial score (nSPS) is 11.3. The Morgan fingerprint density at radius 1 is 0.875 bits per heavy atom. The second kappa shape index (κ2) is 12.3. The van der Waals surface area contributed by atoms with Crippen molar-refractivity contribution in [1.29, 1.82) is 0 Å². The fraction of sp³-hybridized carbons (Fsp3) is 0.152. The molecular formula is C33H28F2N2O3. The van der Waals surface area contributed by atoms with Crippen LogP contribution in [0.4, 0.5) is 8.78 Å². The van der Waals surface area contributed by atoms with Gasteiger partial charge in [-0.2, -0.15) is 9.59 Å². The molecule has 0 saturated carbocycles. The molecule has 0 aliphatic carbocycles. The summed E-state index contributed by atoms with van der Waals surface area (Å²) in [6.07, 6.45) is 0.250. The molecule has 1 aromatic heterocycles. The highest BCUT2D eigenvalue weighted by molar-refractivity contribution is 5.99. The molecule has 40 heavy (non-hydrogen) atoms. The van der Waals surface area contributed by atoms with E-state index >= 15 is 0 Å². The number of nitrogens with zero attached hydrogens (tertiary/aromatic N) is 1. The van der Waals surface area contributed by atoms with Crippen molar-refractivity contribution in [2.24, 2.45) is 0 Å². The summed E-state index contributed by atoms with van der Waals surface area (Å²) >= 11 is 0. The van der Waals surface area contributed by atoms with Gasteiger partial charge in [0, 0.05) is 40.3 Å². The van der Waals surface area contributed by atoms with Gasteiger partial charge in [0.25, 0.3) is 5.91 Å². The number of benzene rings is 4. The summed E-state index contributed by atoms with van der Waals surface area (Å²) in [7, 11) is 0. The Balaban J connectivity index is 0.00000118. The first-order valence-corrected chi connectivity index (χ1v) is 12.7. The third-order valence-corrected chi connectivity index (χ3v) is 7.08. The number of hydrogen-bond donors (Lipinski definition) is 1. The molecule has 1 heterocycles. The fourth-order valence-electron chi connectivity index (χ4n) is 4.82. The van der Waals surface area contributed by atoms with Gasteiger partial charge in [0.15, 0.2) is 0 Å². The van der Waals surface area contributed by atoms with Crippen LogP contribution >= 0.6 is 0 Å². The van der Waals surface area contributed by atoms with Gasteiger partial charge in [-0.15, -0.1) is 0 Å². The number of amides is 1. The van der Waals surface area contributed by atoms with Crippen LogP contribution in [0.5, 0.6) is 0 Å².